The molecule has 0 bridgehead atoms. The Morgan fingerprint density at radius 1 is 1.29 bits per heavy atom. The summed E-state index contributed by atoms with van der Waals surface area (Å²) < 4.78 is 13.2. The second-order valence-electron chi connectivity index (χ2n) is 6.27. The Labute approximate surface area is 127 Å². The van der Waals surface area contributed by atoms with Crippen LogP contribution >= 0.6 is 0 Å². The molecule has 0 aliphatic carbocycles. The molecule has 0 aromatic heterocycles. The van der Waals surface area contributed by atoms with Crippen LogP contribution in [0.15, 0.2) is 24.3 Å². The average molecular weight is 293 g/mol. The van der Waals surface area contributed by atoms with Crippen molar-refractivity contribution < 1.29 is 4.39 Å². The van der Waals surface area contributed by atoms with Crippen LogP contribution in [0.5, 0.6) is 0 Å². The molecule has 0 saturated carbocycles. The maximum atomic E-state index is 13.2. The fourth-order valence-electron chi connectivity index (χ4n) is 3.30. The Hall–Kier alpha value is -0.970. The van der Waals surface area contributed by atoms with Gasteiger partial charge in [-0.3, -0.25) is 4.90 Å². The van der Waals surface area contributed by atoms with Gasteiger partial charge >= 0.3 is 0 Å². The lowest BCUT2D eigenvalue weighted by Gasteiger charge is -2.41. The van der Waals surface area contributed by atoms with Gasteiger partial charge in [-0.05, 0) is 64.1 Å². The van der Waals surface area contributed by atoms with E-state index in [1.807, 2.05) is 12.1 Å². The Morgan fingerprint density at radius 2 is 1.86 bits per heavy atom. The third kappa shape index (κ3) is 4.02. The van der Waals surface area contributed by atoms with E-state index in [-0.39, 0.29) is 17.9 Å². The predicted octanol–water partition coefficient (Wildman–Crippen LogP) is 2.63. The molecule has 1 aromatic rings. The minimum atomic E-state index is -0.190. The molecule has 2 atom stereocenters. The minimum absolute atomic E-state index is 0.0696. The van der Waals surface area contributed by atoms with Gasteiger partial charge < -0.3 is 10.6 Å². The summed E-state index contributed by atoms with van der Waals surface area (Å²) >= 11 is 0. The molecule has 1 aliphatic heterocycles. The fourth-order valence-corrected chi connectivity index (χ4v) is 3.30. The number of rotatable bonds is 5. The van der Waals surface area contributed by atoms with E-state index in [9.17, 15) is 4.39 Å². The van der Waals surface area contributed by atoms with Crippen molar-refractivity contribution in [1.82, 2.24) is 9.80 Å². The molecule has 2 unspecified atom stereocenters. The van der Waals surface area contributed by atoms with Gasteiger partial charge in [0.15, 0.2) is 0 Å². The van der Waals surface area contributed by atoms with E-state index in [2.05, 4.69) is 30.8 Å². The van der Waals surface area contributed by atoms with Crippen molar-refractivity contribution in [1.29, 1.82) is 0 Å². The van der Waals surface area contributed by atoms with E-state index >= 15 is 0 Å². The average Bonchev–Trinajstić information content (AvgIpc) is 2.49. The molecule has 0 amide bonds. The number of nitrogens with zero attached hydrogens (tertiary/aromatic N) is 2. The standard InChI is InChI=1S/C17H28FN3/c1-4-16(19)17(13-5-7-14(18)8-6-13)21(3)15-9-11-20(2)12-10-15/h5-8,15-17H,4,9-12,19H2,1-3H3. The molecule has 0 radical (unpaired) electrons. The molecule has 1 saturated heterocycles. The van der Waals surface area contributed by atoms with Crippen molar-refractivity contribution in [2.45, 2.75) is 44.3 Å². The molecule has 3 nitrogen and oxygen atoms in total. The molecule has 1 fully saturated rings. The molecular weight excluding hydrogens is 265 g/mol. The minimum Gasteiger partial charge on any atom is -0.326 e. The number of hydrogen-bond donors (Lipinski definition) is 1. The highest BCUT2D eigenvalue weighted by Gasteiger charge is 2.30. The molecule has 1 heterocycles. The zero-order valence-corrected chi connectivity index (χ0v) is 13.4. The highest BCUT2D eigenvalue weighted by atomic mass is 19.1. The highest BCUT2D eigenvalue weighted by molar-refractivity contribution is 5.22. The summed E-state index contributed by atoms with van der Waals surface area (Å²) in [6.07, 6.45) is 3.25. The lowest BCUT2D eigenvalue weighted by molar-refractivity contribution is 0.0934. The fraction of sp³-hybridized carbons (Fsp3) is 0.647. The van der Waals surface area contributed by atoms with E-state index in [4.69, 9.17) is 5.73 Å². The van der Waals surface area contributed by atoms with Crippen LogP contribution in [0.1, 0.15) is 37.8 Å². The molecule has 1 aromatic carbocycles. The monoisotopic (exact) mass is 293 g/mol. The van der Waals surface area contributed by atoms with E-state index in [1.165, 1.54) is 25.0 Å². The zero-order valence-electron chi connectivity index (χ0n) is 13.4. The van der Waals surface area contributed by atoms with Gasteiger partial charge in [0.25, 0.3) is 0 Å². The number of likely N-dealkylation sites (N-methyl/N-ethyl adjacent to an activating group) is 1. The molecule has 1 aliphatic rings. The Morgan fingerprint density at radius 3 is 2.38 bits per heavy atom. The van der Waals surface area contributed by atoms with E-state index in [1.54, 1.807) is 0 Å². The second-order valence-corrected chi connectivity index (χ2v) is 6.27. The van der Waals surface area contributed by atoms with Crippen LogP contribution in [-0.4, -0.2) is 49.1 Å². The summed E-state index contributed by atoms with van der Waals surface area (Å²) in [5, 5.41) is 0. The zero-order chi connectivity index (χ0) is 15.4. The third-order valence-electron chi connectivity index (χ3n) is 4.79. The summed E-state index contributed by atoms with van der Waals surface area (Å²) in [5.41, 5.74) is 7.49. The highest BCUT2D eigenvalue weighted by Crippen LogP contribution is 2.29. The van der Waals surface area contributed by atoms with E-state index in [0.717, 1.165) is 25.1 Å². The van der Waals surface area contributed by atoms with Crippen LogP contribution in [0.25, 0.3) is 0 Å². The number of benzene rings is 1. The molecule has 2 N–H and O–H groups in total. The van der Waals surface area contributed by atoms with Gasteiger partial charge in [-0.25, -0.2) is 4.39 Å². The lowest BCUT2D eigenvalue weighted by Crippen LogP contribution is -2.48. The Bertz CT molecular complexity index is 426. The summed E-state index contributed by atoms with van der Waals surface area (Å²) in [7, 11) is 4.34. The van der Waals surface area contributed by atoms with Crippen molar-refractivity contribution in [2.24, 2.45) is 5.73 Å². The maximum Gasteiger partial charge on any atom is 0.123 e. The second kappa shape index (κ2) is 7.34. The maximum absolute atomic E-state index is 13.2. The first-order chi connectivity index (χ1) is 10.0. The molecule has 2 rings (SSSR count). The first-order valence-electron chi connectivity index (χ1n) is 7.94. The normalized spacial score (nSPS) is 20.7. The van der Waals surface area contributed by atoms with E-state index in [0.29, 0.717) is 6.04 Å². The lowest BCUT2D eigenvalue weighted by atomic mass is 9.93. The first-order valence-corrected chi connectivity index (χ1v) is 7.94. The summed E-state index contributed by atoms with van der Waals surface area (Å²) in [6, 6.07) is 7.60. The van der Waals surface area contributed by atoms with Crippen LogP contribution in [0, 0.1) is 5.82 Å². The molecule has 21 heavy (non-hydrogen) atoms. The largest absolute Gasteiger partial charge is 0.326 e. The summed E-state index contributed by atoms with van der Waals surface area (Å²) in [4.78, 5) is 4.78. The summed E-state index contributed by atoms with van der Waals surface area (Å²) in [6.45, 7) is 4.38. The van der Waals surface area contributed by atoms with Gasteiger partial charge in [0, 0.05) is 18.1 Å². The smallest absolute Gasteiger partial charge is 0.123 e. The topological polar surface area (TPSA) is 32.5 Å². The van der Waals surface area contributed by atoms with Gasteiger partial charge in [0.05, 0.1) is 0 Å². The molecule has 0 spiro atoms. The quantitative estimate of drug-likeness (QED) is 0.906. The number of nitrogens with two attached hydrogens (primary N) is 1. The molecular formula is C17H28FN3. The molecule has 118 valence electrons. The Balaban J connectivity index is 2.17. The van der Waals surface area contributed by atoms with Gasteiger partial charge in [0.2, 0.25) is 0 Å². The third-order valence-corrected chi connectivity index (χ3v) is 4.79. The summed E-state index contributed by atoms with van der Waals surface area (Å²) in [5.74, 6) is -0.190. The van der Waals surface area contributed by atoms with Crippen molar-refractivity contribution in [3.63, 3.8) is 0 Å². The van der Waals surface area contributed by atoms with Crippen LogP contribution in [0.4, 0.5) is 4.39 Å². The van der Waals surface area contributed by atoms with Gasteiger partial charge in [-0.15, -0.1) is 0 Å². The number of likely N-dealkylation sites (tertiary alicyclic amines) is 1. The van der Waals surface area contributed by atoms with E-state index < -0.39 is 0 Å². The first kappa shape index (κ1) is 16.4. The number of piperidine rings is 1. The Kier molecular flexibility index (Phi) is 5.73. The van der Waals surface area contributed by atoms with Gasteiger partial charge in [-0.1, -0.05) is 19.1 Å². The van der Waals surface area contributed by atoms with Gasteiger partial charge in [-0.2, -0.15) is 0 Å². The van der Waals surface area contributed by atoms with Crippen molar-refractivity contribution in [2.75, 3.05) is 27.2 Å². The molecule has 4 heteroatoms. The van der Waals surface area contributed by atoms with Crippen LogP contribution in [0.2, 0.25) is 0 Å². The van der Waals surface area contributed by atoms with Crippen LogP contribution in [-0.2, 0) is 0 Å². The number of hydrogen-bond acceptors (Lipinski definition) is 3. The van der Waals surface area contributed by atoms with Crippen molar-refractivity contribution >= 4 is 0 Å². The van der Waals surface area contributed by atoms with Gasteiger partial charge in [0.1, 0.15) is 5.82 Å². The SMILES string of the molecule is CCC(N)C(c1ccc(F)cc1)N(C)C1CCN(C)CC1. The van der Waals surface area contributed by atoms with Crippen molar-refractivity contribution in [3.05, 3.63) is 35.6 Å². The van der Waals surface area contributed by atoms with Crippen LogP contribution < -0.4 is 5.73 Å². The number of halogens is 1. The predicted molar refractivity (Wildman–Crippen MR) is 85.7 cm³/mol. The van der Waals surface area contributed by atoms with Crippen LogP contribution in [0.3, 0.4) is 0 Å². The van der Waals surface area contributed by atoms with Crippen molar-refractivity contribution in [3.8, 4) is 0 Å².